The second kappa shape index (κ2) is 7.09. The molecule has 1 fully saturated rings. The van der Waals surface area contributed by atoms with Crippen LogP contribution < -0.4 is 15.4 Å². The topological polar surface area (TPSA) is 50.4 Å². The van der Waals surface area contributed by atoms with Crippen molar-refractivity contribution in [3.8, 4) is 18.1 Å². The summed E-state index contributed by atoms with van der Waals surface area (Å²) in [5, 5.41) is 5.86. The van der Waals surface area contributed by atoms with Gasteiger partial charge in [-0.1, -0.05) is 5.92 Å². The first-order chi connectivity index (χ1) is 10.1. The van der Waals surface area contributed by atoms with Gasteiger partial charge in [0.25, 0.3) is 5.91 Å². The van der Waals surface area contributed by atoms with Crippen LogP contribution >= 0.6 is 0 Å². The van der Waals surface area contributed by atoms with Crippen LogP contribution in [0.5, 0.6) is 5.75 Å². The summed E-state index contributed by atoms with van der Waals surface area (Å²) in [6.07, 6.45) is 6.70. The smallest absolute Gasteiger partial charge is 0.261 e. The molecule has 0 aliphatic heterocycles. The average Bonchev–Trinajstić information content (AvgIpc) is 3.29. The van der Waals surface area contributed by atoms with Gasteiger partial charge in [0.15, 0.2) is 6.10 Å². The molecule has 0 saturated heterocycles. The van der Waals surface area contributed by atoms with E-state index in [1.54, 1.807) is 13.0 Å². The molecule has 0 bridgehead atoms. The number of ether oxygens (including phenoxy) is 1. The summed E-state index contributed by atoms with van der Waals surface area (Å²) in [7, 11) is 0. The Bertz CT molecular complexity index is 550. The van der Waals surface area contributed by atoms with Crippen LogP contribution in [0.3, 0.4) is 0 Å². The molecular formula is C16H19FN2O2. The lowest BCUT2D eigenvalue weighted by molar-refractivity contribution is -0.127. The Balaban J connectivity index is 2.00. The van der Waals surface area contributed by atoms with Gasteiger partial charge in [-0.15, -0.1) is 6.42 Å². The molecule has 1 aromatic carbocycles. The summed E-state index contributed by atoms with van der Waals surface area (Å²) in [6.45, 7) is 2.32. The van der Waals surface area contributed by atoms with Crippen molar-refractivity contribution >= 4 is 5.91 Å². The summed E-state index contributed by atoms with van der Waals surface area (Å²) in [4.78, 5) is 11.7. The highest BCUT2D eigenvalue weighted by atomic mass is 19.1. The van der Waals surface area contributed by atoms with Gasteiger partial charge in [-0.05, 0) is 38.0 Å². The molecule has 112 valence electrons. The zero-order valence-electron chi connectivity index (χ0n) is 12.0. The number of nitrogens with one attached hydrogen (secondary N) is 2. The lowest BCUT2D eigenvalue weighted by Gasteiger charge is -2.17. The normalized spacial score (nSPS) is 15.1. The molecule has 4 nitrogen and oxygen atoms in total. The van der Waals surface area contributed by atoms with E-state index in [0.717, 1.165) is 12.8 Å². The number of carbonyl (C=O) groups is 1. The third-order valence-electron chi connectivity index (χ3n) is 3.22. The third kappa shape index (κ3) is 4.76. The lowest BCUT2D eigenvalue weighted by Crippen LogP contribution is -2.36. The fourth-order valence-corrected chi connectivity index (χ4v) is 1.87. The maximum atomic E-state index is 13.4. The van der Waals surface area contributed by atoms with Crippen LogP contribution in [0.25, 0.3) is 0 Å². The van der Waals surface area contributed by atoms with Crippen molar-refractivity contribution in [1.82, 2.24) is 10.6 Å². The zero-order valence-corrected chi connectivity index (χ0v) is 12.0. The molecule has 5 heteroatoms. The van der Waals surface area contributed by atoms with Gasteiger partial charge in [-0.25, -0.2) is 4.39 Å². The average molecular weight is 290 g/mol. The number of hydrogen-bond acceptors (Lipinski definition) is 3. The number of carbonyl (C=O) groups excluding carboxylic acids is 1. The first kappa shape index (κ1) is 15.3. The molecule has 0 aromatic heterocycles. The Labute approximate surface area is 124 Å². The third-order valence-corrected chi connectivity index (χ3v) is 3.22. The molecule has 1 atom stereocenters. The number of rotatable bonds is 7. The predicted octanol–water partition coefficient (Wildman–Crippen LogP) is 1.59. The van der Waals surface area contributed by atoms with Gasteiger partial charge >= 0.3 is 0 Å². The van der Waals surface area contributed by atoms with E-state index in [-0.39, 0.29) is 18.3 Å². The van der Waals surface area contributed by atoms with E-state index in [9.17, 15) is 9.18 Å². The van der Waals surface area contributed by atoms with Gasteiger partial charge in [0, 0.05) is 18.2 Å². The van der Waals surface area contributed by atoms with E-state index >= 15 is 0 Å². The lowest BCUT2D eigenvalue weighted by atomic mass is 10.2. The Morgan fingerprint density at radius 1 is 1.57 bits per heavy atom. The van der Waals surface area contributed by atoms with Gasteiger partial charge in [0.2, 0.25) is 0 Å². The van der Waals surface area contributed by atoms with Crippen molar-refractivity contribution in [2.75, 3.05) is 6.54 Å². The van der Waals surface area contributed by atoms with Crippen molar-refractivity contribution in [2.45, 2.75) is 38.5 Å². The van der Waals surface area contributed by atoms with Crippen molar-refractivity contribution in [2.24, 2.45) is 0 Å². The molecule has 0 radical (unpaired) electrons. The Morgan fingerprint density at radius 2 is 2.33 bits per heavy atom. The molecule has 2 rings (SSSR count). The van der Waals surface area contributed by atoms with Crippen LogP contribution in [-0.2, 0) is 11.3 Å². The number of amides is 1. The Hall–Kier alpha value is -2.06. The molecule has 21 heavy (non-hydrogen) atoms. The van der Waals surface area contributed by atoms with E-state index in [1.807, 2.05) is 0 Å². The number of halogens is 1. The maximum Gasteiger partial charge on any atom is 0.261 e. The SMILES string of the molecule is C#CCNC(=O)C(C)Oc1ccc(F)cc1CNC1CC1. The molecule has 2 N–H and O–H groups in total. The molecule has 1 aliphatic rings. The fraction of sp³-hybridized carbons (Fsp3) is 0.438. The van der Waals surface area contributed by atoms with Crippen molar-refractivity contribution < 1.29 is 13.9 Å². The summed E-state index contributed by atoms with van der Waals surface area (Å²) < 4.78 is 19.0. The summed E-state index contributed by atoms with van der Waals surface area (Å²) >= 11 is 0. The first-order valence-corrected chi connectivity index (χ1v) is 7.00. The molecule has 1 aromatic rings. The second-order valence-corrected chi connectivity index (χ2v) is 5.09. The maximum absolute atomic E-state index is 13.4. The number of hydrogen-bond donors (Lipinski definition) is 2. The molecule has 1 unspecified atom stereocenters. The summed E-state index contributed by atoms with van der Waals surface area (Å²) in [6, 6.07) is 4.81. The second-order valence-electron chi connectivity index (χ2n) is 5.09. The van der Waals surface area contributed by atoms with Gasteiger partial charge in [0.05, 0.1) is 6.54 Å². The van der Waals surface area contributed by atoms with Crippen LogP contribution in [0.4, 0.5) is 4.39 Å². The Morgan fingerprint density at radius 3 is 3.00 bits per heavy atom. The minimum Gasteiger partial charge on any atom is -0.481 e. The van der Waals surface area contributed by atoms with Crippen molar-refractivity contribution in [3.05, 3.63) is 29.6 Å². The highest BCUT2D eigenvalue weighted by Gasteiger charge is 2.21. The van der Waals surface area contributed by atoms with Crippen LogP contribution in [-0.4, -0.2) is 24.6 Å². The van der Waals surface area contributed by atoms with Gasteiger partial charge in [-0.3, -0.25) is 4.79 Å². The van der Waals surface area contributed by atoms with E-state index in [1.165, 1.54) is 12.1 Å². The number of terminal acetylenes is 1. The largest absolute Gasteiger partial charge is 0.481 e. The van der Waals surface area contributed by atoms with Crippen LogP contribution in [0.1, 0.15) is 25.3 Å². The molecule has 1 saturated carbocycles. The van der Waals surface area contributed by atoms with Crippen LogP contribution in [0.2, 0.25) is 0 Å². The highest BCUT2D eigenvalue weighted by Crippen LogP contribution is 2.24. The van der Waals surface area contributed by atoms with Crippen molar-refractivity contribution in [1.29, 1.82) is 0 Å². The highest BCUT2D eigenvalue weighted by molar-refractivity contribution is 5.80. The summed E-state index contributed by atoms with van der Waals surface area (Å²) in [5.74, 6) is 2.22. The van der Waals surface area contributed by atoms with E-state index in [4.69, 9.17) is 11.2 Å². The first-order valence-electron chi connectivity index (χ1n) is 7.00. The standard InChI is InChI=1S/C16H19FN2O2/c1-3-8-18-16(20)11(2)21-15-7-4-13(17)9-12(15)10-19-14-5-6-14/h1,4,7,9,11,14,19H,5-6,8,10H2,2H3,(H,18,20). The van der Waals surface area contributed by atoms with Gasteiger partial charge in [0.1, 0.15) is 11.6 Å². The monoisotopic (exact) mass is 290 g/mol. The molecule has 1 amide bonds. The van der Waals surface area contributed by atoms with Crippen molar-refractivity contribution in [3.63, 3.8) is 0 Å². The fourth-order valence-electron chi connectivity index (χ4n) is 1.87. The van der Waals surface area contributed by atoms with Gasteiger partial charge < -0.3 is 15.4 Å². The number of benzene rings is 1. The molecular weight excluding hydrogens is 271 g/mol. The molecule has 0 heterocycles. The van der Waals surface area contributed by atoms with E-state index < -0.39 is 6.10 Å². The van der Waals surface area contributed by atoms with Crippen LogP contribution in [0, 0.1) is 18.2 Å². The summed E-state index contributed by atoms with van der Waals surface area (Å²) in [5.41, 5.74) is 0.707. The van der Waals surface area contributed by atoms with E-state index in [2.05, 4.69) is 16.6 Å². The van der Waals surface area contributed by atoms with Gasteiger partial charge in [-0.2, -0.15) is 0 Å². The molecule has 1 aliphatic carbocycles. The van der Waals surface area contributed by atoms with E-state index in [0.29, 0.717) is 23.9 Å². The minimum absolute atomic E-state index is 0.159. The predicted molar refractivity (Wildman–Crippen MR) is 78.2 cm³/mol. The minimum atomic E-state index is -0.691. The quantitative estimate of drug-likeness (QED) is 0.750. The van der Waals surface area contributed by atoms with Crippen LogP contribution in [0.15, 0.2) is 18.2 Å². The molecule has 0 spiro atoms. The Kier molecular flexibility index (Phi) is 5.18. The zero-order chi connectivity index (χ0) is 15.2.